The lowest BCUT2D eigenvalue weighted by atomic mass is 10.2. The van der Waals surface area contributed by atoms with Crippen molar-refractivity contribution in [3.63, 3.8) is 0 Å². The number of hydrogen-bond acceptors (Lipinski definition) is 5. The van der Waals surface area contributed by atoms with Crippen molar-refractivity contribution in [2.45, 2.75) is 12.6 Å². The molecule has 7 heteroatoms. The minimum Gasteiger partial charge on any atom is -0.373 e. The molecule has 0 aromatic carbocycles. The van der Waals surface area contributed by atoms with Gasteiger partial charge in [-0.25, -0.2) is 4.68 Å². The SMILES string of the molecule is C=CCn1ncc(N2CCOC(CNC)C2)c(Cl)c1=O. The van der Waals surface area contributed by atoms with Gasteiger partial charge >= 0.3 is 0 Å². The van der Waals surface area contributed by atoms with Crippen molar-refractivity contribution in [2.75, 3.05) is 38.2 Å². The molecular formula is C13H19ClN4O2. The van der Waals surface area contributed by atoms with Crippen LogP contribution in [0.1, 0.15) is 0 Å². The van der Waals surface area contributed by atoms with Crippen LogP contribution in [0.2, 0.25) is 5.02 Å². The third-order valence-electron chi connectivity index (χ3n) is 3.18. The van der Waals surface area contributed by atoms with Crippen molar-refractivity contribution >= 4 is 17.3 Å². The molecule has 6 nitrogen and oxygen atoms in total. The quantitative estimate of drug-likeness (QED) is 0.803. The van der Waals surface area contributed by atoms with Crippen LogP contribution in [0.25, 0.3) is 0 Å². The van der Waals surface area contributed by atoms with E-state index in [-0.39, 0.29) is 16.7 Å². The van der Waals surface area contributed by atoms with Crippen molar-refractivity contribution in [2.24, 2.45) is 0 Å². The first kappa shape index (κ1) is 15.0. The number of allylic oxidation sites excluding steroid dienone is 1. The lowest BCUT2D eigenvalue weighted by Crippen LogP contribution is -2.46. The Labute approximate surface area is 123 Å². The second-order valence-electron chi connectivity index (χ2n) is 4.62. The molecule has 1 aromatic heterocycles. The summed E-state index contributed by atoms with van der Waals surface area (Å²) in [5, 5.41) is 7.41. The van der Waals surface area contributed by atoms with E-state index in [1.54, 1.807) is 12.3 Å². The molecule has 0 spiro atoms. The fourth-order valence-electron chi connectivity index (χ4n) is 2.22. The van der Waals surface area contributed by atoms with Gasteiger partial charge < -0.3 is 15.0 Å². The molecule has 2 heterocycles. The number of aromatic nitrogens is 2. The molecule has 1 unspecified atom stereocenters. The number of hydrogen-bond donors (Lipinski definition) is 1. The molecule has 0 radical (unpaired) electrons. The van der Waals surface area contributed by atoms with Crippen LogP contribution in [-0.2, 0) is 11.3 Å². The Morgan fingerprint density at radius 3 is 3.20 bits per heavy atom. The number of likely N-dealkylation sites (N-methyl/N-ethyl adjacent to an activating group) is 1. The van der Waals surface area contributed by atoms with E-state index in [1.807, 2.05) is 11.9 Å². The number of morpholine rings is 1. The number of ether oxygens (including phenoxy) is 1. The Balaban J connectivity index is 2.22. The lowest BCUT2D eigenvalue weighted by molar-refractivity contribution is 0.0421. The van der Waals surface area contributed by atoms with Gasteiger partial charge in [-0.2, -0.15) is 5.10 Å². The fraction of sp³-hybridized carbons (Fsp3) is 0.538. The molecule has 1 fully saturated rings. The minimum absolute atomic E-state index is 0.0837. The predicted octanol–water partition coefficient (Wildman–Crippen LogP) is 0.507. The van der Waals surface area contributed by atoms with Crippen LogP contribution in [0.4, 0.5) is 5.69 Å². The highest BCUT2D eigenvalue weighted by atomic mass is 35.5. The van der Waals surface area contributed by atoms with Gasteiger partial charge in [0.25, 0.3) is 5.56 Å². The summed E-state index contributed by atoms with van der Waals surface area (Å²) in [6.45, 7) is 6.70. The van der Waals surface area contributed by atoms with E-state index in [1.165, 1.54) is 4.68 Å². The molecule has 0 aliphatic carbocycles. The van der Waals surface area contributed by atoms with Gasteiger partial charge in [0.1, 0.15) is 5.02 Å². The van der Waals surface area contributed by atoms with E-state index in [2.05, 4.69) is 17.0 Å². The molecule has 110 valence electrons. The summed E-state index contributed by atoms with van der Waals surface area (Å²) in [5.41, 5.74) is 0.377. The second-order valence-corrected chi connectivity index (χ2v) is 4.99. The summed E-state index contributed by atoms with van der Waals surface area (Å²) in [7, 11) is 1.88. The maximum atomic E-state index is 12.1. The van der Waals surface area contributed by atoms with Crippen molar-refractivity contribution in [1.82, 2.24) is 15.1 Å². The van der Waals surface area contributed by atoms with E-state index in [0.29, 0.717) is 31.9 Å². The van der Waals surface area contributed by atoms with Crippen LogP contribution in [0.5, 0.6) is 0 Å². The van der Waals surface area contributed by atoms with E-state index in [0.717, 1.165) is 6.54 Å². The molecule has 2 rings (SSSR count). The Hall–Kier alpha value is -1.37. The fourth-order valence-corrected chi connectivity index (χ4v) is 2.48. The third kappa shape index (κ3) is 3.20. The first-order valence-corrected chi connectivity index (χ1v) is 6.92. The van der Waals surface area contributed by atoms with Crippen LogP contribution in [-0.4, -0.2) is 49.2 Å². The van der Waals surface area contributed by atoms with Gasteiger partial charge in [0.05, 0.1) is 31.1 Å². The Morgan fingerprint density at radius 2 is 2.50 bits per heavy atom. The van der Waals surface area contributed by atoms with E-state index >= 15 is 0 Å². The van der Waals surface area contributed by atoms with Gasteiger partial charge in [-0.05, 0) is 7.05 Å². The average Bonchev–Trinajstić information content (AvgIpc) is 2.45. The largest absolute Gasteiger partial charge is 0.373 e. The van der Waals surface area contributed by atoms with Gasteiger partial charge in [0.2, 0.25) is 0 Å². The normalized spacial score (nSPS) is 19.1. The van der Waals surface area contributed by atoms with Crippen LogP contribution in [0.3, 0.4) is 0 Å². The zero-order valence-electron chi connectivity index (χ0n) is 11.5. The van der Waals surface area contributed by atoms with Crippen LogP contribution >= 0.6 is 11.6 Å². The van der Waals surface area contributed by atoms with Crippen LogP contribution < -0.4 is 15.8 Å². The van der Waals surface area contributed by atoms with E-state index in [4.69, 9.17) is 16.3 Å². The monoisotopic (exact) mass is 298 g/mol. The Morgan fingerprint density at radius 1 is 1.70 bits per heavy atom. The van der Waals surface area contributed by atoms with Crippen molar-refractivity contribution in [3.8, 4) is 0 Å². The maximum Gasteiger partial charge on any atom is 0.287 e. The summed E-state index contributed by atoms with van der Waals surface area (Å²) in [5.74, 6) is 0. The molecule has 1 aromatic rings. The summed E-state index contributed by atoms with van der Waals surface area (Å²) < 4.78 is 6.93. The van der Waals surface area contributed by atoms with Gasteiger partial charge in [0, 0.05) is 19.6 Å². The van der Waals surface area contributed by atoms with Gasteiger partial charge in [-0.15, -0.1) is 6.58 Å². The minimum atomic E-state index is -0.291. The zero-order chi connectivity index (χ0) is 14.5. The molecule has 0 amide bonds. The molecule has 0 bridgehead atoms. The molecule has 20 heavy (non-hydrogen) atoms. The number of rotatable bonds is 5. The molecular weight excluding hydrogens is 280 g/mol. The maximum absolute atomic E-state index is 12.1. The highest BCUT2D eigenvalue weighted by Crippen LogP contribution is 2.23. The standard InChI is InChI=1S/C13H19ClN4O2/c1-3-4-18-13(19)12(14)11(8-16-18)17-5-6-20-10(9-17)7-15-2/h3,8,10,15H,1,4-7,9H2,2H3. The lowest BCUT2D eigenvalue weighted by Gasteiger charge is -2.34. The van der Waals surface area contributed by atoms with Crippen LogP contribution in [0.15, 0.2) is 23.6 Å². The van der Waals surface area contributed by atoms with Crippen LogP contribution in [0, 0.1) is 0 Å². The van der Waals surface area contributed by atoms with Crippen molar-refractivity contribution < 1.29 is 4.74 Å². The summed E-state index contributed by atoms with van der Waals surface area (Å²) in [4.78, 5) is 14.1. The smallest absolute Gasteiger partial charge is 0.287 e. The number of anilines is 1. The number of nitrogens with one attached hydrogen (secondary N) is 1. The first-order valence-electron chi connectivity index (χ1n) is 6.55. The summed E-state index contributed by atoms with van der Waals surface area (Å²) in [6, 6.07) is 0. The molecule has 0 saturated carbocycles. The number of halogens is 1. The van der Waals surface area contributed by atoms with Crippen molar-refractivity contribution in [1.29, 1.82) is 0 Å². The molecule has 1 aliphatic rings. The molecule has 1 N–H and O–H groups in total. The van der Waals surface area contributed by atoms with Gasteiger partial charge in [-0.3, -0.25) is 4.79 Å². The first-order chi connectivity index (χ1) is 9.67. The molecule has 1 saturated heterocycles. The van der Waals surface area contributed by atoms with E-state index in [9.17, 15) is 4.79 Å². The zero-order valence-corrected chi connectivity index (χ0v) is 12.3. The Kier molecular flexibility index (Phi) is 5.17. The topological polar surface area (TPSA) is 59.4 Å². The second kappa shape index (κ2) is 6.88. The van der Waals surface area contributed by atoms with Gasteiger partial charge in [0.15, 0.2) is 0 Å². The van der Waals surface area contributed by atoms with Gasteiger partial charge in [-0.1, -0.05) is 17.7 Å². The molecule has 1 atom stereocenters. The summed E-state index contributed by atoms with van der Waals surface area (Å²) in [6.07, 6.45) is 3.33. The number of nitrogens with zero attached hydrogens (tertiary/aromatic N) is 3. The van der Waals surface area contributed by atoms with E-state index < -0.39 is 0 Å². The third-order valence-corrected chi connectivity index (χ3v) is 3.54. The summed E-state index contributed by atoms with van der Waals surface area (Å²) >= 11 is 6.19. The molecule has 1 aliphatic heterocycles. The highest BCUT2D eigenvalue weighted by Gasteiger charge is 2.23. The average molecular weight is 299 g/mol. The van der Waals surface area contributed by atoms with Crippen molar-refractivity contribution in [3.05, 3.63) is 34.2 Å². The predicted molar refractivity (Wildman–Crippen MR) is 79.6 cm³/mol. The highest BCUT2D eigenvalue weighted by molar-refractivity contribution is 6.33. The Bertz CT molecular complexity index is 530.